The quantitative estimate of drug-likeness (QED) is 0.660. The van der Waals surface area contributed by atoms with E-state index in [9.17, 15) is 0 Å². The lowest BCUT2D eigenvalue weighted by atomic mass is 9.81. The van der Waals surface area contributed by atoms with Gasteiger partial charge in [-0.15, -0.1) is 0 Å². The molecule has 0 spiro atoms. The number of benzene rings is 2. The molecule has 0 heteroatoms. The Balaban J connectivity index is 2.45. The van der Waals surface area contributed by atoms with E-state index in [0.717, 1.165) is 5.56 Å². The van der Waals surface area contributed by atoms with Crippen LogP contribution in [0.25, 0.3) is 23.3 Å². The van der Waals surface area contributed by atoms with Crippen LogP contribution in [0.15, 0.2) is 43.5 Å². The summed E-state index contributed by atoms with van der Waals surface area (Å²) in [7, 11) is 0. The van der Waals surface area contributed by atoms with E-state index in [-0.39, 0.29) is 5.41 Å². The Bertz CT molecular complexity index is 730. The molecule has 0 aliphatic heterocycles. The highest BCUT2D eigenvalue weighted by Crippen LogP contribution is 2.51. The minimum atomic E-state index is 0.0497. The summed E-state index contributed by atoms with van der Waals surface area (Å²) in [5.41, 5.74) is 9.20. The van der Waals surface area contributed by atoms with Crippen LogP contribution >= 0.6 is 0 Å². The second kappa shape index (κ2) is 4.21. The van der Waals surface area contributed by atoms with Gasteiger partial charge in [0.15, 0.2) is 0 Å². The fourth-order valence-electron chi connectivity index (χ4n) is 3.38. The first-order valence-corrected chi connectivity index (χ1v) is 7.04. The second-order valence-corrected chi connectivity index (χ2v) is 6.07. The molecular formula is C20H20. The lowest BCUT2D eigenvalue weighted by Crippen LogP contribution is -2.15. The van der Waals surface area contributed by atoms with Crippen LogP contribution in [0, 0.1) is 6.92 Å². The Morgan fingerprint density at radius 2 is 1.70 bits per heavy atom. The van der Waals surface area contributed by atoms with Gasteiger partial charge in [0.2, 0.25) is 0 Å². The zero-order chi connectivity index (χ0) is 14.5. The van der Waals surface area contributed by atoms with Gasteiger partial charge in [-0.05, 0) is 40.3 Å². The van der Waals surface area contributed by atoms with Crippen molar-refractivity contribution in [3.05, 3.63) is 71.3 Å². The van der Waals surface area contributed by atoms with Gasteiger partial charge in [-0.1, -0.05) is 75.1 Å². The summed E-state index contributed by atoms with van der Waals surface area (Å²) in [6.07, 6.45) is 3.87. The van der Waals surface area contributed by atoms with Crippen molar-refractivity contribution in [3.8, 4) is 11.1 Å². The molecule has 20 heavy (non-hydrogen) atoms. The molecule has 0 unspecified atom stereocenters. The predicted octanol–water partition coefficient (Wildman–Crippen LogP) is 5.59. The zero-order valence-corrected chi connectivity index (χ0v) is 12.5. The minimum Gasteiger partial charge on any atom is -0.0984 e. The molecule has 0 saturated heterocycles. The number of hydrogen-bond donors (Lipinski definition) is 0. The van der Waals surface area contributed by atoms with Crippen molar-refractivity contribution in [2.45, 2.75) is 26.2 Å². The smallest absolute Gasteiger partial charge is 0.0159 e. The summed E-state index contributed by atoms with van der Waals surface area (Å²) in [6.45, 7) is 14.7. The molecule has 1 aliphatic carbocycles. The Kier molecular flexibility index (Phi) is 2.72. The molecule has 100 valence electrons. The molecule has 0 heterocycles. The molecule has 0 nitrogen and oxygen atoms in total. The van der Waals surface area contributed by atoms with E-state index < -0.39 is 0 Å². The first kappa shape index (κ1) is 12.9. The third kappa shape index (κ3) is 1.54. The van der Waals surface area contributed by atoms with E-state index in [0.29, 0.717) is 0 Å². The molecule has 0 radical (unpaired) electrons. The molecule has 0 aromatic heterocycles. The fourth-order valence-corrected chi connectivity index (χ4v) is 3.38. The van der Waals surface area contributed by atoms with Crippen molar-refractivity contribution < 1.29 is 0 Å². The van der Waals surface area contributed by atoms with E-state index in [1.54, 1.807) is 0 Å². The largest absolute Gasteiger partial charge is 0.0984 e. The summed E-state index contributed by atoms with van der Waals surface area (Å²) in [5.74, 6) is 0. The summed E-state index contributed by atoms with van der Waals surface area (Å²) in [5, 5.41) is 0. The monoisotopic (exact) mass is 260 g/mol. The molecule has 2 aromatic carbocycles. The second-order valence-electron chi connectivity index (χ2n) is 6.07. The summed E-state index contributed by atoms with van der Waals surface area (Å²) in [6, 6.07) is 11.2. The zero-order valence-electron chi connectivity index (χ0n) is 12.5. The van der Waals surface area contributed by atoms with Gasteiger partial charge in [0.25, 0.3) is 0 Å². The van der Waals surface area contributed by atoms with Crippen molar-refractivity contribution in [1.29, 1.82) is 0 Å². The molecule has 0 bridgehead atoms. The van der Waals surface area contributed by atoms with Crippen LogP contribution in [0.4, 0.5) is 0 Å². The standard InChI is InChI=1S/C20H20/c1-6-14-9-11-17-19(15(14)7-2)16-10-8-13(3)12-18(16)20(17,4)5/h6-12H,1-2H2,3-5H3. The van der Waals surface area contributed by atoms with Crippen molar-refractivity contribution >= 4 is 12.2 Å². The van der Waals surface area contributed by atoms with Crippen molar-refractivity contribution in [2.75, 3.05) is 0 Å². The van der Waals surface area contributed by atoms with Gasteiger partial charge in [-0.3, -0.25) is 0 Å². The van der Waals surface area contributed by atoms with Gasteiger partial charge in [-0.25, -0.2) is 0 Å². The highest BCUT2D eigenvalue weighted by Gasteiger charge is 2.36. The maximum absolute atomic E-state index is 4.01. The van der Waals surface area contributed by atoms with Gasteiger partial charge in [-0.2, -0.15) is 0 Å². The highest BCUT2D eigenvalue weighted by molar-refractivity contribution is 5.90. The number of rotatable bonds is 2. The van der Waals surface area contributed by atoms with Gasteiger partial charge in [0.1, 0.15) is 0 Å². The lowest BCUT2D eigenvalue weighted by molar-refractivity contribution is 0.659. The average molecular weight is 260 g/mol. The van der Waals surface area contributed by atoms with E-state index in [1.807, 2.05) is 12.2 Å². The third-order valence-corrected chi connectivity index (χ3v) is 4.49. The van der Waals surface area contributed by atoms with E-state index in [2.05, 4.69) is 64.3 Å². The van der Waals surface area contributed by atoms with E-state index >= 15 is 0 Å². The molecule has 3 rings (SSSR count). The SMILES string of the molecule is C=Cc1ccc2c(c1C=C)-c1ccc(C)cc1C2(C)C. The predicted molar refractivity (Wildman–Crippen MR) is 88.9 cm³/mol. The molecule has 1 aliphatic rings. The van der Waals surface area contributed by atoms with Crippen LogP contribution in [0.5, 0.6) is 0 Å². The number of aryl methyl sites for hydroxylation is 1. The van der Waals surface area contributed by atoms with Crippen molar-refractivity contribution in [3.63, 3.8) is 0 Å². The van der Waals surface area contributed by atoms with Crippen LogP contribution in [0.3, 0.4) is 0 Å². The van der Waals surface area contributed by atoms with E-state index in [1.165, 1.54) is 33.4 Å². The molecular weight excluding hydrogens is 240 g/mol. The van der Waals surface area contributed by atoms with E-state index in [4.69, 9.17) is 0 Å². The van der Waals surface area contributed by atoms with Crippen LogP contribution in [-0.2, 0) is 5.41 Å². The van der Waals surface area contributed by atoms with Crippen LogP contribution in [-0.4, -0.2) is 0 Å². The summed E-state index contributed by atoms with van der Waals surface area (Å²) >= 11 is 0. The highest BCUT2D eigenvalue weighted by atomic mass is 14.4. The molecule has 2 aromatic rings. The molecule has 0 fully saturated rings. The minimum absolute atomic E-state index is 0.0497. The normalized spacial score (nSPS) is 14.6. The molecule has 0 amide bonds. The van der Waals surface area contributed by atoms with Crippen LogP contribution in [0.1, 0.15) is 41.7 Å². The number of fused-ring (bicyclic) bond motifs is 3. The maximum atomic E-state index is 4.01. The fraction of sp³-hybridized carbons (Fsp3) is 0.200. The Morgan fingerprint density at radius 3 is 2.35 bits per heavy atom. The first-order valence-electron chi connectivity index (χ1n) is 7.04. The van der Waals surface area contributed by atoms with Crippen molar-refractivity contribution in [2.24, 2.45) is 0 Å². The summed E-state index contributed by atoms with van der Waals surface area (Å²) < 4.78 is 0. The Labute approximate surface area is 121 Å². The van der Waals surface area contributed by atoms with Crippen LogP contribution in [0.2, 0.25) is 0 Å². The molecule has 0 atom stereocenters. The van der Waals surface area contributed by atoms with Crippen LogP contribution < -0.4 is 0 Å². The van der Waals surface area contributed by atoms with Gasteiger partial charge in [0.05, 0.1) is 0 Å². The van der Waals surface area contributed by atoms with Gasteiger partial charge >= 0.3 is 0 Å². The maximum Gasteiger partial charge on any atom is 0.0159 e. The molecule has 0 N–H and O–H groups in total. The molecule has 0 saturated carbocycles. The van der Waals surface area contributed by atoms with Crippen molar-refractivity contribution in [1.82, 2.24) is 0 Å². The Hall–Kier alpha value is -2.08. The summed E-state index contributed by atoms with van der Waals surface area (Å²) in [4.78, 5) is 0. The average Bonchev–Trinajstić information content (AvgIpc) is 2.66. The topological polar surface area (TPSA) is 0 Å². The number of hydrogen-bond acceptors (Lipinski definition) is 0. The Morgan fingerprint density at radius 1 is 0.950 bits per heavy atom. The first-order chi connectivity index (χ1) is 9.50. The van der Waals surface area contributed by atoms with Gasteiger partial charge < -0.3 is 0 Å². The lowest BCUT2D eigenvalue weighted by Gasteiger charge is -2.22. The third-order valence-electron chi connectivity index (χ3n) is 4.49. The van der Waals surface area contributed by atoms with Gasteiger partial charge in [0, 0.05) is 5.41 Å².